The van der Waals surface area contributed by atoms with Crippen LogP contribution < -0.4 is 0 Å². The molecule has 0 saturated heterocycles. The second-order valence-corrected chi connectivity index (χ2v) is 11.7. The van der Waals surface area contributed by atoms with Gasteiger partial charge in [0.25, 0.3) is 0 Å². The zero-order valence-electron chi connectivity index (χ0n) is 24.9. The van der Waals surface area contributed by atoms with Gasteiger partial charge in [0.05, 0.1) is 45.1 Å². The van der Waals surface area contributed by atoms with Crippen LogP contribution in [0.25, 0.3) is 77.2 Å². The van der Waals surface area contributed by atoms with Gasteiger partial charge in [-0.3, -0.25) is 0 Å². The number of nitriles is 1. The fraction of sp³-hybridized carbons (Fsp3) is 0. The molecular formula is C43H27N3. The highest BCUT2D eigenvalue weighted by molar-refractivity contribution is 6.11. The predicted octanol–water partition coefficient (Wildman–Crippen LogP) is 11.1. The van der Waals surface area contributed by atoms with Crippen LogP contribution in [-0.2, 0) is 0 Å². The number of hydrogen-bond acceptors (Lipinski definition) is 1. The average molecular weight is 586 g/mol. The first-order chi connectivity index (χ1) is 22.8. The van der Waals surface area contributed by atoms with Crippen molar-refractivity contribution in [1.82, 2.24) is 9.13 Å². The number of hydrogen-bond donors (Lipinski definition) is 0. The van der Waals surface area contributed by atoms with E-state index in [1.165, 1.54) is 32.6 Å². The van der Waals surface area contributed by atoms with E-state index >= 15 is 0 Å². The summed E-state index contributed by atoms with van der Waals surface area (Å²) in [5.74, 6) is 0. The molecule has 2 heterocycles. The van der Waals surface area contributed by atoms with Crippen molar-refractivity contribution in [3.63, 3.8) is 0 Å². The second kappa shape index (κ2) is 10.4. The van der Waals surface area contributed by atoms with Crippen molar-refractivity contribution in [2.24, 2.45) is 0 Å². The molecule has 0 aliphatic rings. The molecule has 0 unspecified atom stereocenters. The van der Waals surface area contributed by atoms with Crippen molar-refractivity contribution in [2.45, 2.75) is 0 Å². The van der Waals surface area contributed by atoms with E-state index in [-0.39, 0.29) is 0 Å². The SMILES string of the molecule is N#Cc1cccc(-c2cc(-c3ccccc3-n3c4ccccc4c4ccccc43)ccc2-n2c3ccccc3c3ccccc32)c1. The molecule has 0 fully saturated rings. The molecule has 3 nitrogen and oxygen atoms in total. The first-order valence-corrected chi connectivity index (χ1v) is 15.5. The maximum absolute atomic E-state index is 9.83. The minimum atomic E-state index is 0.641. The summed E-state index contributed by atoms with van der Waals surface area (Å²) in [5.41, 5.74) is 11.8. The molecule has 0 radical (unpaired) electrons. The molecular weight excluding hydrogens is 558 g/mol. The Labute approximate surface area is 266 Å². The third-order valence-electron chi connectivity index (χ3n) is 9.16. The van der Waals surface area contributed by atoms with Crippen LogP contribution in [0.2, 0.25) is 0 Å². The minimum absolute atomic E-state index is 0.641. The maximum atomic E-state index is 9.83. The molecule has 46 heavy (non-hydrogen) atoms. The molecule has 9 aromatic rings. The third kappa shape index (κ3) is 3.91. The zero-order chi connectivity index (χ0) is 30.6. The molecule has 0 aliphatic heterocycles. The predicted molar refractivity (Wildman–Crippen MR) is 191 cm³/mol. The molecule has 0 saturated carbocycles. The van der Waals surface area contributed by atoms with Gasteiger partial charge in [-0.05, 0) is 65.7 Å². The molecule has 2 aromatic heterocycles. The normalized spacial score (nSPS) is 11.5. The molecule has 0 spiro atoms. The van der Waals surface area contributed by atoms with Crippen molar-refractivity contribution < 1.29 is 0 Å². The molecule has 0 amide bonds. The summed E-state index contributed by atoms with van der Waals surface area (Å²) in [6, 6.07) is 60.2. The van der Waals surface area contributed by atoms with Crippen LogP contribution in [0.5, 0.6) is 0 Å². The summed E-state index contributed by atoms with van der Waals surface area (Å²) in [6.07, 6.45) is 0. The Bertz CT molecular complexity index is 2560. The largest absolute Gasteiger partial charge is 0.309 e. The van der Waals surface area contributed by atoms with E-state index in [0.717, 1.165) is 44.7 Å². The van der Waals surface area contributed by atoms with Crippen LogP contribution in [0, 0.1) is 11.3 Å². The van der Waals surface area contributed by atoms with E-state index < -0.39 is 0 Å². The highest BCUT2D eigenvalue weighted by atomic mass is 15.0. The van der Waals surface area contributed by atoms with Gasteiger partial charge in [-0.25, -0.2) is 0 Å². The molecule has 0 bridgehead atoms. The molecule has 0 aliphatic carbocycles. The van der Waals surface area contributed by atoms with Crippen LogP contribution >= 0.6 is 0 Å². The minimum Gasteiger partial charge on any atom is -0.309 e. The zero-order valence-corrected chi connectivity index (χ0v) is 24.9. The van der Waals surface area contributed by atoms with Gasteiger partial charge < -0.3 is 9.13 Å². The summed E-state index contributed by atoms with van der Waals surface area (Å²) in [6.45, 7) is 0. The van der Waals surface area contributed by atoms with Gasteiger partial charge >= 0.3 is 0 Å². The van der Waals surface area contributed by atoms with E-state index in [2.05, 4.69) is 161 Å². The van der Waals surface area contributed by atoms with Crippen molar-refractivity contribution in [1.29, 1.82) is 5.26 Å². The van der Waals surface area contributed by atoms with Crippen molar-refractivity contribution in [3.05, 3.63) is 169 Å². The Hall–Kier alpha value is -6.37. The number of rotatable bonds is 4. The lowest BCUT2D eigenvalue weighted by atomic mass is 9.95. The fourth-order valence-electron chi connectivity index (χ4n) is 7.16. The quantitative estimate of drug-likeness (QED) is 0.202. The number of benzene rings is 7. The van der Waals surface area contributed by atoms with Gasteiger partial charge in [0.2, 0.25) is 0 Å². The Kier molecular flexibility index (Phi) is 5.88. The Morgan fingerprint density at radius 1 is 0.370 bits per heavy atom. The summed E-state index contributed by atoms with van der Waals surface area (Å²) in [7, 11) is 0. The molecule has 9 rings (SSSR count). The van der Waals surface area contributed by atoms with Gasteiger partial charge in [0.15, 0.2) is 0 Å². The lowest BCUT2D eigenvalue weighted by Crippen LogP contribution is -2.00. The van der Waals surface area contributed by atoms with Crippen LogP contribution in [0.15, 0.2) is 164 Å². The maximum Gasteiger partial charge on any atom is 0.0991 e. The summed E-state index contributed by atoms with van der Waals surface area (Å²) in [5, 5.41) is 14.7. The molecule has 7 aromatic carbocycles. The molecule has 214 valence electrons. The van der Waals surface area contributed by atoms with Gasteiger partial charge in [-0.2, -0.15) is 5.26 Å². The van der Waals surface area contributed by atoms with E-state index in [9.17, 15) is 5.26 Å². The molecule has 3 heteroatoms. The summed E-state index contributed by atoms with van der Waals surface area (Å²) < 4.78 is 4.75. The van der Waals surface area contributed by atoms with E-state index in [1.54, 1.807) is 0 Å². The Morgan fingerprint density at radius 3 is 1.37 bits per heavy atom. The first-order valence-electron chi connectivity index (χ1n) is 15.5. The van der Waals surface area contributed by atoms with Gasteiger partial charge in [0.1, 0.15) is 0 Å². The Morgan fingerprint density at radius 2 is 0.826 bits per heavy atom. The number of fused-ring (bicyclic) bond motifs is 6. The highest BCUT2D eigenvalue weighted by Gasteiger charge is 2.19. The van der Waals surface area contributed by atoms with E-state index in [4.69, 9.17) is 0 Å². The van der Waals surface area contributed by atoms with Crippen LogP contribution in [0.4, 0.5) is 0 Å². The summed E-state index contributed by atoms with van der Waals surface area (Å²) >= 11 is 0. The third-order valence-corrected chi connectivity index (χ3v) is 9.16. The molecule has 0 atom stereocenters. The van der Waals surface area contributed by atoms with Gasteiger partial charge in [0, 0.05) is 32.7 Å². The summed E-state index contributed by atoms with van der Waals surface area (Å²) in [4.78, 5) is 0. The van der Waals surface area contributed by atoms with Gasteiger partial charge in [-0.15, -0.1) is 0 Å². The topological polar surface area (TPSA) is 33.6 Å². The van der Waals surface area contributed by atoms with Crippen molar-refractivity contribution in [3.8, 4) is 39.7 Å². The average Bonchev–Trinajstić information content (AvgIpc) is 3.64. The highest BCUT2D eigenvalue weighted by Crippen LogP contribution is 2.41. The lowest BCUT2D eigenvalue weighted by Gasteiger charge is -2.18. The van der Waals surface area contributed by atoms with E-state index in [0.29, 0.717) is 5.56 Å². The standard InChI is InChI=1S/C43H27N3/c44-28-29-12-11-13-30(26-29)37-27-31(24-25-43(37)46-41-22-9-4-17-35(41)36-18-5-10-23-42(36)46)32-14-1-6-19-38(32)45-39-20-7-2-15-33(39)34-16-3-8-21-40(34)45/h1-27H. The van der Waals surface area contributed by atoms with Crippen molar-refractivity contribution in [2.75, 3.05) is 0 Å². The molecule has 0 N–H and O–H groups in total. The van der Waals surface area contributed by atoms with Crippen LogP contribution in [-0.4, -0.2) is 9.13 Å². The number of aromatic nitrogens is 2. The van der Waals surface area contributed by atoms with Crippen LogP contribution in [0.3, 0.4) is 0 Å². The fourth-order valence-corrected chi connectivity index (χ4v) is 7.16. The Balaban J connectivity index is 1.34. The lowest BCUT2D eigenvalue weighted by molar-refractivity contribution is 1.17. The smallest absolute Gasteiger partial charge is 0.0991 e. The second-order valence-electron chi connectivity index (χ2n) is 11.7. The monoisotopic (exact) mass is 585 g/mol. The van der Waals surface area contributed by atoms with Crippen LogP contribution in [0.1, 0.15) is 5.56 Å². The number of nitrogens with zero attached hydrogens (tertiary/aromatic N) is 3. The number of para-hydroxylation sites is 5. The van der Waals surface area contributed by atoms with Crippen molar-refractivity contribution >= 4 is 43.6 Å². The van der Waals surface area contributed by atoms with E-state index in [1.807, 2.05) is 18.2 Å². The van der Waals surface area contributed by atoms with Gasteiger partial charge in [-0.1, -0.05) is 109 Å². The first kappa shape index (κ1) is 26.1.